The smallest absolute Gasteiger partial charge is 0.431 e. The second-order valence-electron chi connectivity index (χ2n) is 3.41. The highest BCUT2D eigenvalue weighted by molar-refractivity contribution is 5.83. The highest BCUT2D eigenvalue weighted by Gasteiger charge is 2.32. The number of aromatic hydroxyl groups is 1. The van der Waals surface area contributed by atoms with Gasteiger partial charge in [-0.25, -0.2) is 0 Å². The van der Waals surface area contributed by atoms with Crippen LogP contribution in [0.25, 0.3) is 10.9 Å². The van der Waals surface area contributed by atoms with Crippen LogP contribution in [0.1, 0.15) is 11.3 Å². The average molecular weight is 215 g/mol. The summed E-state index contributed by atoms with van der Waals surface area (Å²) in [6, 6.07) is 3.83. The lowest BCUT2D eigenvalue weighted by molar-refractivity contribution is -0.140. The van der Waals surface area contributed by atoms with Crippen molar-refractivity contribution >= 4 is 10.9 Å². The van der Waals surface area contributed by atoms with Gasteiger partial charge in [0.1, 0.15) is 11.4 Å². The molecular weight excluding hydrogens is 207 g/mol. The summed E-state index contributed by atoms with van der Waals surface area (Å²) in [6.45, 7) is 1.63. The van der Waals surface area contributed by atoms with Crippen molar-refractivity contribution in [1.82, 2.24) is 4.98 Å². The molecule has 2 nitrogen and oxygen atoms in total. The quantitative estimate of drug-likeness (QED) is 0.695. The summed E-state index contributed by atoms with van der Waals surface area (Å²) < 4.78 is 37.0. The normalized spacial score (nSPS) is 12.3. The Labute approximate surface area is 83.3 Å². The third-order valence-corrected chi connectivity index (χ3v) is 2.24. The molecule has 0 unspecified atom stereocenters. The minimum absolute atomic E-state index is 0.0157. The maximum Gasteiger partial charge on any atom is 0.431 e. The lowest BCUT2D eigenvalue weighted by Crippen LogP contribution is -2.04. The summed E-state index contributed by atoms with van der Waals surface area (Å²) in [4.78, 5) is 2.22. The molecule has 0 atom stereocenters. The standard InChI is InChI=1S/C10H8F3NO/c1-5-2-6-3-9(10(11,12)13)14-7(6)4-8(5)15/h2-4,14-15H,1H3. The van der Waals surface area contributed by atoms with E-state index in [9.17, 15) is 18.3 Å². The SMILES string of the molecule is Cc1cc2cc(C(F)(F)F)[nH]c2cc1O. The summed E-state index contributed by atoms with van der Waals surface area (Å²) >= 11 is 0. The molecular formula is C10H8F3NO. The van der Waals surface area contributed by atoms with Crippen LogP contribution in [-0.4, -0.2) is 10.1 Å². The Morgan fingerprint density at radius 1 is 1.20 bits per heavy atom. The monoisotopic (exact) mass is 215 g/mol. The molecule has 0 aliphatic carbocycles. The molecule has 0 aliphatic rings. The van der Waals surface area contributed by atoms with Gasteiger partial charge in [-0.15, -0.1) is 0 Å². The molecule has 80 valence electrons. The van der Waals surface area contributed by atoms with Gasteiger partial charge in [0, 0.05) is 17.0 Å². The van der Waals surface area contributed by atoms with Gasteiger partial charge in [-0.1, -0.05) is 0 Å². The molecule has 1 aromatic carbocycles. The van der Waals surface area contributed by atoms with Crippen LogP contribution < -0.4 is 0 Å². The molecule has 5 heteroatoms. The summed E-state index contributed by atoms with van der Waals surface area (Å²) in [5.74, 6) is -0.0157. The van der Waals surface area contributed by atoms with Crippen LogP contribution >= 0.6 is 0 Å². The lowest BCUT2D eigenvalue weighted by Gasteiger charge is -2.00. The molecule has 2 N–H and O–H groups in total. The number of hydrogen-bond donors (Lipinski definition) is 2. The van der Waals surface area contributed by atoms with E-state index >= 15 is 0 Å². The number of fused-ring (bicyclic) bond motifs is 1. The average Bonchev–Trinajstić information content (AvgIpc) is 2.47. The first-order valence-corrected chi connectivity index (χ1v) is 4.27. The second kappa shape index (κ2) is 2.92. The number of aryl methyl sites for hydroxylation is 1. The first-order chi connectivity index (χ1) is 6.88. The maximum absolute atomic E-state index is 12.3. The number of alkyl halides is 3. The van der Waals surface area contributed by atoms with Crippen LogP contribution in [0.3, 0.4) is 0 Å². The van der Waals surface area contributed by atoms with E-state index in [2.05, 4.69) is 4.98 Å². The number of aromatic nitrogens is 1. The zero-order chi connectivity index (χ0) is 11.2. The third kappa shape index (κ3) is 1.65. The molecule has 2 rings (SSSR count). The van der Waals surface area contributed by atoms with Gasteiger partial charge in [0.15, 0.2) is 0 Å². The van der Waals surface area contributed by atoms with Crippen molar-refractivity contribution in [2.75, 3.05) is 0 Å². The summed E-state index contributed by atoms with van der Waals surface area (Å²) in [5, 5.41) is 9.77. The van der Waals surface area contributed by atoms with Gasteiger partial charge < -0.3 is 10.1 Å². The van der Waals surface area contributed by atoms with Crippen LogP contribution in [0.5, 0.6) is 5.75 Å². The number of H-pyrrole nitrogens is 1. The molecule has 0 amide bonds. The second-order valence-corrected chi connectivity index (χ2v) is 3.41. The lowest BCUT2D eigenvalue weighted by atomic mass is 10.1. The molecule has 0 saturated heterocycles. The van der Waals surface area contributed by atoms with Crippen molar-refractivity contribution in [3.63, 3.8) is 0 Å². The Morgan fingerprint density at radius 3 is 2.47 bits per heavy atom. The number of aromatic amines is 1. The largest absolute Gasteiger partial charge is 0.508 e. The Hall–Kier alpha value is -1.65. The van der Waals surface area contributed by atoms with Crippen LogP contribution in [0.4, 0.5) is 13.2 Å². The minimum Gasteiger partial charge on any atom is -0.508 e. The van der Waals surface area contributed by atoms with Crippen molar-refractivity contribution in [3.8, 4) is 5.75 Å². The number of nitrogens with one attached hydrogen (secondary N) is 1. The number of benzene rings is 1. The van der Waals surface area contributed by atoms with Gasteiger partial charge >= 0.3 is 6.18 Å². The van der Waals surface area contributed by atoms with Gasteiger partial charge in [-0.3, -0.25) is 0 Å². The van der Waals surface area contributed by atoms with E-state index in [0.29, 0.717) is 10.9 Å². The molecule has 0 saturated carbocycles. The number of rotatable bonds is 0. The van der Waals surface area contributed by atoms with E-state index in [1.54, 1.807) is 6.92 Å². The van der Waals surface area contributed by atoms with E-state index < -0.39 is 11.9 Å². The highest BCUT2D eigenvalue weighted by Crippen LogP contribution is 2.32. The predicted molar refractivity (Wildman–Crippen MR) is 49.7 cm³/mol. The van der Waals surface area contributed by atoms with Gasteiger partial charge in [-0.2, -0.15) is 13.2 Å². The van der Waals surface area contributed by atoms with Gasteiger partial charge in [0.2, 0.25) is 0 Å². The fourth-order valence-electron chi connectivity index (χ4n) is 1.44. The third-order valence-electron chi connectivity index (χ3n) is 2.24. The number of hydrogen-bond acceptors (Lipinski definition) is 1. The summed E-state index contributed by atoms with van der Waals surface area (Å²) in [6.07, 6.45) is -4.39. The fourth-order valence-corrected chi connectivity index (χ4v) is 1.44. The number of phenolic OH excluding ortho intramolecular Hbond substituents is 1. The summed E-state index contributed by atoms with van der Waals surface area (Å²) in [5.41, 5.74) is 0.0307. The first-order valence-electron chi connectivity index (χ1n) is 4.27. The molecule has 1 heterocycles. The van der Waals surface area contributed by atoms with E-state index in [1.807, 2.05) is 0 Å². The van der Waals surface area contributed by atoms with E-state index in [1.165, 1.54) is 12.1 Å². The first kappa shape index (κ1) is 9.89. The van der Waals surface area contributed by atoms with Crippen LogP contribution in [0.2, 0.25) is 0 Å². The van der Waals surface area contributed by atoms with E-state index in [-0.39, 0.29) is 11.3 Å². The Balaban J connectivity index is 2.66. The molecule has 1 aromatic heterocycles. The highest BCUT2D eigenvalue weighted by atomic mass is 19.4. The number of halogens is 3. The van der Waals surface area contributed by atoms with Crippen molar-refractivity contribution in [1.29, 1.82) is 0 Å². The summed E-state index contributed by atoms with van der Waals surface area (Å²) in [7, 11) is 0. The predicted octanol–water partition coefficient (Wildman–Crippen LogP) is 3.20. The van der Waals surface area contributed by atoms with Crippen LogP contribution in [-0.2, 0) is 6.18 Å². The van der Waals surface area contributed by atoms with Crippen molar-refractivity contribution in [2.45, 2.75) is 13.1 Å². The Kier molecular flexibility index (Phi) is 1.92. The van der Waals surface area contributed by atoms with Crippen molar-refractivity contribution in [2.24, 2.45) is 0 Å². The van der Waals surface area contributed by atoms with Gasteiger partial charge in [0.25, 0.3) is 0 Å². The number of phenols is 1. The fraction of sp³-hybridized carbons (Fsp3) is 0.200. The van der Waals surface area contributed by atoms with Crippen molar-refractivity contribution in [3.05, 3.63) is 29.5 Å². The Bertz CT molecular complexity index is 474. The zero-order valence-corrected chi connectivity index (χ0v) is 7.81. The van der Waals surface area contributed by atoms with Crippen molar-refractivity contribution < 1.29 is 18.3 Å². The molecule has 2 aromatic rings. The van der Waals surface area contributed by atoms with Gasteiger partial charge in [0.05, 0.1) is 0 Å². The van der Waals surface area contributed by atoms with E-state index in [0.717, 1.165) is 6.07 Å². The molecule has 15 heavy (non-hydrogen) atoms. The topological polar surface area (TPSA) is 36.0 Å². The molecule has 0 aliphatic heterocycles. The zero-order valence-electron chi connectivity index (χ0n) is 7.81. The van der Waals surface area contributed by atoms with Crippen LogP contribution in [0.15, 0.2) is 18.2 Å². The van der Waals surface area contributed by atoms with Gasteiger partial charge in [-0.05, 0) is 24.6 Å². The Morgan fingerprint density at radius 2 is 1.87 bits per heavy atom. The molecule has 0 radical (unpaired) electrons. The minimum atomic E-state index is -4.39. The van der Waals surface area contributed by atoms with Crippen LogP contribution in [0, 0.1) is 6.92 Å². The van der Waals surface area contributed by atoms with E-state index in [4.69, 9.17) is 0 Å². The molecule has 0 spiro atoms. The maximum atomic E-state index is 12.3. The molecule has 0 fully saturated rings. The molecule has 0 bridgehead atoms.